The van der Waals surface area contributed by atoms with Crippen LogP contribution >= 0.6 is 0 Å². The Morgan fingerprint density at radius 3 is 2.82 bits per heavy atom. The SMILES string of the molecule is OCc1cccc(-c2noc3ccccc23)c1. The normalized spacial score (nSPS) is 10.9. The number of aliphatic hydroxyl groups excluding tert-OH is 1. The predicted molar refractivity (Wildman–Crippen MR) is 65.4 cm³/mol. The lowest BCUT2D eigenvalue weighted by Crippen LogP contribution is -1.84. The number of rotatable bonds is 2. The van der Waals surface area contributed by atoms with Gasteiger partial charge in [-0.15, -0.1) is 0 Å². The molecule has 3 aromatic rings. The van der Waals surface area contributed by atoms with Gasteiger partial charge in [0, 0.05) is 10.9 Å². The molecule has 0 unspecified atom stereocenters. The van der Waals surface area contributed by atoms with Gasteiger partial charge in [0.15, 0.2) is 5.58 Å². The molecular weight excluding hydrogens is 214 g/mol. The average molecular weight is 225 g/mol. The molecule has 0 spiro atoms. The highest BCUT2D eigenvalue weighted by molar-refractivity contribution is 5.91. The molecule has 0 aliphatic carbocycles. The first-order chi connectivity index (χ1) is 8.38. The van der Waals surface area contributed by atoms with E-state index in [-0.39, 0.29) is 6.61 Å². The Kier molecular flexibility index (Phi) is 2.38. The summed E-state index contributed by atoms with van der Waals surface area (Å²) in [5.74, 6) is 0. The number of para-hydroxylation sites is 1. The Morgan fingerprint density at radius 1 is 1.06 bits per heavy atom. The van der Waals surface area contributed by atoms with E-state index in [1.165, 1.54) is 0 Å². The molecule has 0 fully saturated rings. The van der Waals surface area contributed by atoms with Gasteiger partial charge in [-0.2, -0.15) is 0 Å². The molecule has 17 heavy (non-hydrogen) atoms. The van der Waals surface area contributed by atoms with E-state index < -0.39 is 0 Å². The lowest BCUT2D eigenvalue weighted by molar-refractivity contribution is 0.282. The summed E-state index contributed by atoms with van der Waals surface area (Å²) in [4.78, 5) is 0. The van der Waals surface area contributed by atoms with Gasteiger partial charge in [-0.25, -0.2) is 0 Å². The predicted octanol–water partition coefficient (Wildman–Crippen LogP) is 2.99. The number of fused-ring (bicyclic) bond motifs is 1. The van der Waals surface area contributed by atoms with Crippen molar-refractivity contribution in [3.8, 4) is 11.3 Å². The van der Waals surface area contributed by atoms with Crippen LogP contribution < -0.4 is 0 Å². The van der Waals surface area contributed by atoms with Crippen LogP contribution in [0.2, 0.25) is 0 Å². The van der Waals surface area contributed by atoms with E-state index >= 15 is 0 Å². The monoisotopic (exact) mass is 225 g/mol. The van der Waals surface area contributed by atoms with Gasteiger partial charge in [-0.3, -0.25) is 0 Å². The molecule has 0 amide bonds. The smallest absolute Gasteiger partial charge is 0.167 e. The first kappa shape index (κ1) is 10.1. The van der Waals surface area contributed by atoms with Crippen LogP contribution in [0.3, 0.4) is 0 Å². The Balaban J connectivity index is 2.20. The quantitative estimate of drug-likeness (QED) is 0.729. The minimum absolute atomic E-state index is 0.0314. The van der Waals surface area contributed by atoms with Gasteiger partial charge in [-0.05, 0) is 23.8 Å². The van der Waals surface area contributed by atoms with Crippen molar-refractivity contribution in [2.75, 3.05) is 0 Å². The van der Waals surface area contributed by atoms with Crippen LogP contribution in [-0.2, 0) is 6.61 Å². The minimum Gasteiger partial charge on any atom is -0.392 e. The third-order valence-electron chi connectivity index (χ3n) is 2.76. The molecule has 1 aromatic heterocycles. The van der Waals surface area contributed by atoms with Crippen molar-refractivity contribution in [1.29, 1.82) is 0 Å². The van der Waals surface area contributed by atoms with E-state index in [2.05, 4.69) is 5.16 Å². The van der Waals surface area contributed by atoms with Gasteiger partial charge in [0.05, 0.1) is 6.61 Å². The minimum atomic E-state index is 0.0314. The molecule has 3 nitrogen and oxygen atoms in total. The van der Waals surface area contributed by atoms with Crippen molar-refractivity contribution in [1.82, 2.24) is 5.16 Å². The van der Waals surface area contributed by atoms with E-state index in [4.69, 9.17) is 9.63 Å². The third kappa shape index (κ3) is 1.70. The van der Waals surface area contributed by atoms with Gasteiger partial charge < -0.3 is 9.63 Å². The molecule has 0 bridgehead atoms. The van der Waals surface area contributed by atoms with Gasteiger partial charge in [0.25, 0.3) is 0 Å². The van der Waals surface area contributed by atoms with Crippen LogP contribution in [0, 0.1) is 0 Å². The van der Waals surface area contributed by atoms with E-state index in [9.17, 15) is 0 Å². The average Bonchev–Trinajstić information content (AvgIpc) is 2.82. The largest absolute Gasteiger partial charge is 0.392 e. The Hall–Kier alpha value is -2.13. The summed E-state index contributed by atoms with van der Waals surface area (Å²) in [7, 11) is 0. The Morgan fingerprint density at radius 2 is 1.94 bits per heavy atom. The van der Waals surface area contributed by atoms with Crippen LogP contribution in [0.1, 0.15) is 5.56 Å². The standard InChI is InChI=1S/C14H11NO2/c16-9-10-4-3-5-11(8-10)14-12-6-1-2-7-13(12)17-15-14/h1-8,16H,9H2. The fraction of sp³-hybridized carbons (Fsp3) is 0.0714. The van der Waals surface area contributed by atoms with Crippen molar-refractivity contribution < 1.29 is 9.63 Å². The molecule has 0 radical (unpaired) electrons. The lowest BCUT2D eigenvalue weighted by atomic mass is 10.1. The molecule has 2 aromatic carbocycles. The number of hydrogen-bond donors (Lipinski definition) is 1. The molecular formula is C14H11NO2. The molecule has 0 aliphatic rings. The third-order valence-corrected chi connectivity index (χ3v) is 2.76. The van der Waals surface area contributed by atoms with Crippen LogP contribution in [-0.4, -0.2) is 10.3 Å². The van der Waals surface area contributed by atoms with Crippen molar-refractivity contribution in [2.45, 2.75) is 6.61 Å². The number of aromatic nitrogens is 1. The van der Waals surface area contributed by atoms with Gasteiger partial charge >= 0.3 is 0 Å². The number of nitrogens with zero attached hydrogens (tertiary/aromatic N) is 1. The maximum Gasteiger partial charge on any atom is 0.167 e. The van der Waals surface area contributed by atoms with Gasteiger partial charge in [0.2, 0.25) is 0 Å². The zero-order valence-corrected chi connectivity index (χ0v) is 9.13. The first-order valence-corrected chi connectivity index (χ1v) is 5.43. The van der Waals surface area contributed by atoms with E-state index in [1.54, 1.807) is 0 Å². The van der Waals surface area contributed by atoms with Crippen LogP contribution in [0.25, 0.3) is 22.2 Å². The molecule has 0 aliphatic heterocycles. The molecule has 0 saturated heterocycles. The second-order valence-corrected chi connectivity index (χ2v) is 3.89. The Bertz CT molecular complexity index is 658. The van der Waals surface area contributed by atoms with Crippen LogP contribution in [0.5, 0.6) is 0 Å². The van der Waals surface area contributed by atoms with Crippen LogP contribution in [0.15, 0.2) is 53.1 Å². The molecule has 3 heteroatoms. The van der Waals surface area contributed by atoms with Gasteiger partial charge in [0.1, 0.15) is 5.69 Å². The van der Waals surface area contributed by atoms with E-state index in [1.807, 2.05) is 48.5 Å². The summed E-state index contributed by atoms with van der Waals surface area (Å²) < 4.78 is 5.26. The lowest BCUT2D eigenvalue weighted by Gasteiger charge is -1.99. The van der Waals surface area contributed by atoms with Crippen LogP contribution in [0.4, 0.5) is 0 Å². The summed E-state index contributed by atoms with van der Waals surface area (Å²) in [5.41, 5.74) is 3.42. The van der Waals surface area contributed by atoms with Crippen molar-refractivity contribution in [3.63, 3.8) is 0 Å². The molecule has 84 valence electrons. The van der Waals surface area contributed by atoms with Crippen molar-refractivity contribution >= 4 is 11.0 Å². The summed E-state index contributed by atoms with van der Waals surface area (Å²) >= 11 is 0. The zero-order chi connectivity index (χ0) is 11.7. The fourth-order valence-corrected chi connectivity index (χ4v) is 1.91. The van der Waals surface area contributed by atoms with E-state index in [0.29, 0.717) is 0 Å². The zero-order valence-electron chi connectivity index (χ0n) is 9.13. The first-order valence-electron chi connectivity index (χ1n) is 5.43. The number of aliphatic hydroxyl groups is 1. The molecule has 0 atom stereocenters. The van der Waals surface area contributed by atoms with Crippen molar-refractivity contribution in [2.24, 2.45) is 0 Å². The summed E-state index contributed by atoms with van der Waals surface area (Å²) in [6, 6.07) is 15.4. The number of hydrogen-bond acceptors (Lipinski definition) is 3. The summed E-state index contributed by atoms with van der Waals surface area (Å²) in [5, 5.41) is 14.2. The maximum absolute atomic E-state index is 9.13. The highest BCUT2D eigenvalue weighted by atomic mass is 16.5. The highest BCUT2D eigenvalue weighted by Gasteiger charge is 2.09. The number of benzene rings is 2. The van der Waals surface area contributed by atoms with Gasteiger partial charge in [-0.1, -0.05) is 35.5 Å². The molecule has 3 rings (SSSR count). The van der Waals surface area contributed by atoms with Crippen molar-refractivity contribution in [3.05, 3.63) is 54.1 Å². The topological polar surface area (TPSA) is 46.3 Å². The van der Waals surface area contributed by atoms with E-state index in [0.717, 1.165) is 27.8 Å². The Labute approximate surface area is 98.3 Å². The highest BCUT2D eigenvalue weighted by Crippen LogP contribution is 2.28. The second kappa shape index (κ2) is 4.03. The summed E-state index contributed by atoms with van der Waals surface area (Å²) in [6.45, 7) is 0.0314. The summed E-state index contributed by atoms with van der Waals surface area (Å²) in [6.07, 6.45) is 0. The molecule has 1 N–H and O–H groups in total. The fourth-order valence-electron chi connectivity index (χ4n) is 1.91. The molecule has 1 heterocycles. The molecule has 0 saturated carbocycles. The second-order valence-electron chi connectivity index (χ2n) is 3.89. The maximum atomic E-state index is 9.13.